The molecule has 0 aliphatic heterocycles. The predicted molar refractivity (Wildman–Crippen MR) is 67.1 cm³/mol. The van der Waals surface area contributed by atoms with Crippen LogP contribution in [0.15, 0.2) is 48.8 Å². The molecule has 1 heterocycles. The topological polar surface area (TPSA) is 48.4 Å². The molecular weight excluding hydrogens is 287 g/mol. The van der Waals surface area contributed by atoms with Crippen molar-refractivity contribution in [3.63, 3.8) is 0 Å². The normalized spacial score (nSPS) is 11.0. The van der Waals surface area contributed by atoms with E-state index in [1.807, 2.05) is 0 Å². The molecule has 0 N–H and O–H groups in total. The first-order chi connectivity index (χ1) is 9.94. The van der Waals surface area contributed by atoms with E-state index in [0.29, 0.717) is 11.5 Å². The average Bonchev–Trinajstić information content (AvgIpc) is 2.46. The Morgan fingerprint density at radius 3 is 2.38 bits per heavy atom. The number of carbonyl (C=O) groups excluding carboxylic acids is 1. The molecule has 1 aromatic carbocycles. The molecule has 4 nitrogen and oxygen atoms in total. The lowest BCUT2D eigenvalue weighted by atomic mass is 10.2. The number of benzene rings is 1. The van der Waals surface area contributed by atoms with Crippen molar-refractivity contribution in [2.45, 2.75) is 6.18 Å². The Balaban J connectivity index is 1.97. The zero-order valence-electron chi connectivity index (χ0n) is 10.6. The highest BCUT2D eigenvalue weighted by molar-refractivity contribution is 5.89. The van der Waals surface area contributed by atoms with Crippen LogP contribution in [0.5, 0.6) is 11.5 Å². The van der Waals surface area contributed by atoms with Crippen LogP contribution in [0.2, 0.25) is 0 Å². The number of pyridine rings is 1. The van der Waals surface area contributed by atoms with E-state index < -0.39 is 18.8 Å². The third-order valence-corrected chi connectivity index (χ3v) is 2.33. The molecule has 0 fully saturated rings. The fraction of sp³-hybridized carbons (Fsp3) is 0.143. The average molecular weight is 297 g/mol. The maximum atomic E-state index is 11.9. The van der Waals surface area contributed by atoms with Crippen molar-refractivity contribution in [1.29, 1.82) is 0 Å². The summed E-state index contributed by atoms with van der Waals surface area (Å²) in [6.07, 6.45) is -1.45. The molecule has 21 heavy (non-hydrogen) atoms. The lowest BCUT2D eigenvalue weighted by molar-refractivity contribution is -0.161. The van der Waals surface area contributed by atoms with E-state index >= 15 is 0 Å². The summed E-state index contributed by atoms with van der Waals surface area (Å²) in [5.41, 5.74) is 0.0118. The Morgan fingerprint density at radius 1 is 1.10 bits per heavy atom. The zero-order chi connectivity index (χ0) is 15.3. The van der Waals surface area contributed by atoms with Crippen LogP contribution in [-0.2, 0) is 4.74 Å². The summed E-state index contributed by atoms with van der Waals surface area (Å²) in [4.78, 5) is 15.3. The van der Waals surface area contributed by atoms with Crippen LogP contribution in [0.3, 0.4) is 0 Å². The first-order valence-electron chi connectivity index (χ1n) is 5.86. The minimum Gasteiger partial charge on any atom is -0.456 e. The summed E-state index contributed by atoms with van der Waals surface area (Å²) in [5.74, 6) is -0.111. The van der Waals surface area contributed by atoms with Crippen LogP contribution in [0, 0.1) is 0 Å². The second-order valence-electron chi connectivity index (χ2n) is 4.01. The zero-order valence-corrected chi connectivity index (χ0v) is 10.6. The van der Waals surface area contributed by atoms with Gasteiger partial charge in [-0.05, 0) is 36.4 Å². The lowest BCUT2D eigenvalue weighted by Crippen LogP contribution is -2.20. The van der Waals surface area contributed by atoms with Crippen molar-refractivity contribution in [2.75, 3.05) is 6.61 Å². The SMILES string of the molecule is O=C(OCC(F)(F)F)c1ccc(Oc2cccnc2)cc1. The molecule has 0 unspecified atom stereocenters. The summed E-state index contributed by atoms with van der Waals surface area (Å²) in [7, 11) is 0. The summed E-state index contributed by atoms with van der Waals surface area (Å²) >= 11 is 0. The van der Waals surface area contributed by atoms with Gasteiger partial charge >= 0.3 is 12.1 Å². The number of ether oxygens (including phenoxy) is 2. The highest BCUT2D eigenvalue weighted by Gasteiger charge is 2.29. The monoisotopic (exact) mass is 297 g/mol. The van der Waals surface area contributed by atoms with Crippen molar-refractivity contribution >= 4 is 5.97 Å². The van der Waals surface area contributed by atoms with Gasteiger partial charge in [-0.3, -0.25) is 4.98 Å². The lowest BCUT2D eigenvalue weighted by Gasteiger charge is -2.08. The number of carbonyl (C=O) groups is 1. The Morgan fingerprint density at radius 2 is 1.81 bits per heavy atom. The van der Waals surface area contributed by atoms with E-state index in [2.05, 4.69) is 9.72 Å². The molecule has 0 saturated carbocycles. The summed E-state index contributed by atoms with van der Waals surface area (Å²) in [6.45, 7) is -1.61. The molecule has 2 rings (SSSR count). The van der Waals surface area contributed by atoms with Gasteiger partial charge in [0.1, 0.15) is 11.5 Å². The highest BCUT2D eigenvalue weighted by Crippen LogP contribution is 2.21. The molecule has 0 spiro atoms. The molecule has 0 radical (unpaired) electrons. The summed E-state index contributed by atoms with van der Waals surface area (Å²) in [5, 5.41) is 0. The van der Waals surface area contributed by atoms with Crippen LogP contribution >= 0.6 is 0 Å². The Hall–Kier alpha value is -2.57. The smallest absolute Gasteiger partial charge is 0.422 e. The van der Waals surface area contributed by atoms with Crippen molar-refractivity contribution in [1.82, 2.24) is 4.98 Å². The number of esters is 1. The van der Waals surface area contributed by atoms with Crippen LogP contribution in [-0.4, -0.2) is 23.7 Å². The van der Waals surface area contributed by atoms with Gasteiger partial charge in [-0.25, -0.2) is 4.79 Å². The number of nitrogens with zero attached hydrogens (tertiary/aromatic N) is 1. The molecule has 110 valence electrons. The van der Waals surface area contributed by atoms with Crippen molar-refractivity contribution in [3.8, 4) is 11.5 Å². The number of hydrogen-bond donors (Lipinski definition) is 0. The summed E-state index contributed by atoms with van der Waals surface area (Å²) in [6, 6.07) is 8.94. The molecule has 0 atom stereocenters. The maximum absolute atomic E-state index is 11.9. The first-order valence-corrected chi connectivity index (χ1v) is 5.86. The largest absolute Gasteiger partial charge is 0.456 e. The van der Waals surface area contributed by atoms with E-state index in [1.54, 1.807) is 18.3 Å². The molecular formula is C14H10F3NO3. The third kappa shape index (κ3) is 4.79. The van der Waals surface area contributed by atoms with Crippen molar-refractivity contribution in [3.05, 3.63) is 54.4 Å². The quantitative estimate of drug-likeness (QED) is 0.809. The predicted octanol–water partition coefficient (Wildman–Crippen LogP) is 3.59. The van der Waals surface area contributed by atoms with Gasteiger partial charge in [0, 0.05) is 6.20 Å². The van der Waals surface area contributed by atoms with Gasteiger partial charge in [-0.15, -0.1) is 0 Å². The third-order valence-electron chi connectivity index (χ3n) is 2.33. The molecule has 1 aromatic heterocycles. The summed E-state index contributed by atoms with van der Waals surface area (Å²) < 4.78 is 45.4. The fourth-order valence-electron chi connectivity index (χ4n) is 1.43. The minimum absolute atomic E-state index is 0.0118. The standard InChI is InChI=1S/C14H10F3NO3/c15-14(16,17)9-20-13(19)10-3-5-11(6-4-10)21-12-2-1-7-18-8-12/h1-8H,9H2. The van der Waals surface area contributed by atoms with E-state index in [1.165, 1.54) is 30.5 Å². The van der Waals surface area contributed by atoms with E-state index in [4.69, 9.17) is 4.74 Å². The van der Waals surface area contributed by atoms with Gasteiger partial charge in [0.25, 0.3) is 0 Å². The van der Waals surface area contributed by atoms with Gasteiger partial charge in [0.15, 0.2) is 6.61 Å². The molecule has 0 amide bonds. The van der Waals surface area contributed by atoms with Crippen LogP contribution in [0.4, 0.5) is 13.2 Å². The van der Waals surface area contributed by atoms with Gasteiger partial charge in [-0.1, -0.05) is 0 Å². The van der Waals surface area contributed by atoms with Crippen molar-refractivity contribution in [2.24, 2.45) is 0 Å². The second kappa shape index (κ2) is 6.25. The fourth-order valence-corrected chi connectivity index (χ4v) is 1.43. The minimum atomic E-state index is -4.54. The molecule has 2 aromatic rings. The van der Waals surface area contributed by atoms with Gasteiger partial charge < -0.3 is 9.47 Å². The van der Waals surface area contributed by atoms with Crippen molar-refractivity contribution < 1.29 is 27.4 Å². The number of alkyl halides is 3. The van der Waals surface area contributed by atoms with E-state index in [0.717, 1.165) is 0 Å². The highest BCUT2D eigenvalue weighted by atomic mass is 19.4. The van der Waals surface area contributed by atoms with Gasteiger partial charge in [0.05, 0.1) is 11.8 Å². The Kier molecular flexibility index (Phi) is 4.42. The first kappa shape index (κ1) is 14.8. The van der Waals surface area contributed by atoms with E-state index in [-0.39, 0.29) is 5.56 Å². The molecule has 0 aliphatic carbocycles. The van der Waals surface area contributed by atoms with Crippen LogP contribution in [0.25, 0.3) is 0 Å². The molecule has 0 aliphatic rings. The second-order valence-corrected chi connectivity index (χ2v) is 4.01. The number of hydrogen-bond acceptors (Lipinski definition) is 4. The molecule has 0 saturated heterocycles. The van der Waals surface area contributed by atoms with Gasteiger partial charge in [0.2, 0.25) is 0 Å². The Bertz CT molecular complexity index is 597. The van der Waals surface area contributed by atoms with E-state index in [9.17, 15) is 18.0 Å². The number of halogens is 3. The number of aromatic nitrogens is 1. The molecule has 0 bridgehead atoms. The van der Waals surface area contributed by atoms with Crippen LogP contribution in [0.1, 0.15) is 10.4 Å². The molecule has 7 heteroatoms. The van der Waals surface area contributed by atoms with Crippen LogP contribution < -0.4 is 4.74 Å². The maximum Gasteiger partial charge on any atom is 0.422 e. The number of rotatable bonds is 4. The van der Waals surface area contributed by atoms with Gasteiger partial charge in [-0.2, -0.15) is 13.2 Å². The Labute approximate surface area is 118 Å².